The molecule has 0 aliphatic heterocycles. The number of primary amides is 1. The molecule has 1 aromatic rings. The molecule has 9 heteroatoms. The van der Waals surface area contributed by atoms with E-state index in [0.717, 1.165) is 0 Å². The van der Waals surface area contributed by atoms with Crippen molar-refractivity contribution < 1.29 is 19.5 Å². The average molecular weight is 295 g/mol. The maximum atomic E-state index is 12.1. The Morgan fingerprint density at radius 2 is 1.90 bits per heavy atom. The van der Waals surface area contributed by atoms with Crippen LogP contribution >= 0.6 is 0 Å². The summed E-state index contributed by atoms with van der Waals surface area (Å²) < 4.78 is 0. The van der Waals surface area contributed by atoms with Crippen molar-refractivity contribution in [2.75, 3.05) is 5.32 Å². The molecule has 5 N–H and O–H groups in total. The summed E-state index contributed by atoms with van der Waals surface area (Å²) in [5, 5.41) is 13.6. The van der Waals surface area contributed by atoms with Crippen LogP contribution in [0.4, 0.5) is 10.6 Å². The largest absolute Gasteiger partial charge is 0.476 e. The molecule has 0 saturated heterocycles. The number of rotatable bonds is 6. The first-order valence-corrected chi connectivity index (χ1v) is 6.22. The van der Waals surface area contributed by atoms with Crippen molar-refractivity contribution in [3.05, 3.63) is 18.1 Å². The number of carboxylic acids is 1. The number of aromatic carboxylic acids is 1. The minimum absolute atomic E-state index is 0.119. The van der Waals surface area contributed by atoms with E-state index in [9.17, 15) is 14.4 Å². The summed E-state index contributed by atoms with van der Waals surface area (Å²) >= 11 is 0. The maximum absolute atomic E-state index is 12.1. The van der Waals surface area contributed by atoms with Crippen LogP contribution in [0.5, 0.6) is 0 Å². The predicted octanol–water partition coefficient (Wildman–Crippen LogP) is 0.196. The number of hydrogen-bond acceptors (Lipinski definition) is 5. The molecule has 1 heterocycles. The molecule has 21 heavy (non-hydrogen) atoms. The highest BCUT2D eigenvalue weighted by Gasteiger charge is 2.23. The van der Waals surface area contributed by atoms with Gasteiger partial charge in [-0.15, -0.1) is 0 Å². The van der Waals surface area contributed by atoms with Crippen molar-refractivity contribution in [3.8, 4) is 0 Å². The molecule has 0 spiro atoms. The Morgan fingerprint density at radius 3 is 2.43 bits per heavy atom. The second-order valence-corrected chi connectivity index (χ2v) is 4.74. The molecule has 0 fully saturated rings. The second-order valence-electron chi connectivity index (χ2n) is 4.74. The summed E-state index contributed by atoms with van der Waals surface area (Å²) in [6.45, 7) is 3.74. The van der Waals surface area contributed by atoms with Gasteiger partial charge in [0, 0.05) is 12.4 Å². The Kier molecular flexibility index (Phi) is 5.58. The van der Waals surface area contributed by atoms with Gasteiger partial charge in [0.15, 0.2) is 11.5 Å². The van der Waals surface area contributed by atoms with Crippen LogP contribution in [0.25, 0.3) is 0 Å². The highest BCUT2D eigenvalue weighted by Crippen LogP contribution is 2.11. The van der Waals surface area contributed by atoms with Gasteiger partial charge in [0.25, 0.3) is 0 Å². The van der Waals surface area contributed by atoms with Crippen LogP contribution < -0.4 is 16.4 Å². The summed E-state index contributed by atoms with van der Waals surface area (Å²) in [5.74, 6) is -1.99. The topological polar surface area (TPSA) is 147 Å². The van der Waals surface area contributed by atoms with E-state index in [2.05, 4.69) is 20.6 Å². The fourth-order valence-corrected chi connectivity index (χ4v) is 1.66. The van der Waals surface area contributed by atoms with Crippen LogP contribution in [0, 0.1) is 5.92 Å². The van der Waals surface area contributed by atoms with E-state index in [4.69, 9.17) is 10.8 Å². The molecule has 1 atom stereocenters. The summed E-state index contributed by atoms with van der Waals surface area (Å²) in [6, 6.07) is -1.72. The van der Waals surface area contributed by atoms with Gasteiger partial charge in [0.1, 0.15) is 6.04 Å². The summed E-state index contributed by atoms with van der Waals surface area (Å²) in [6.07, 6.45) is 2.80. The van der Waals surface area contributed by atoms with E-state index in [1.807, 2.05) is 13.8 Å². The zero-order chi connectivity index (χ0) is 16.0. The van der Waals surface area contributed by atoms with E-state index >= 15 is 0 Å². The molecular weight excluding hydrogens is 278 g/mol. The van der Waals surface area contributed by atoms with Crippen LogP contribution in [0.3, 0.4) is 0 Å². The van der Waals surface area contributed by atoms with Crippen molar-refractivity contribution in [1.29, 1.82) is 0 Å². The first kappa shape index (κ1) is 16.3. The van der Waals surface area contributed by atoms with Gasteiger partial charge in [-0.2, -0.15) is 0 Å². The average Bonchev–Trinajstić information content (AvgIpc) is 2.37. The number of carbonyl (C=O) groups is 3. The number of anilines is 1. The zero-order valence-corrected chi connectivity index (χ0v) is 11.7. The number of carbonyl (C=O) groups excluding carboxylic acids is 2. The number of hydrogen-bond donors (Lipinski definition) is 4. The normalized spacial score (nSPS) is 11.8. The number of aromatic nitrogens is 2. The van der Waals surface area contributed by atoms with Gasteiger partial charge in [-0.25, -0.2) is 19.6 Å². The van der Waals surface area contributed by atoms with Crippen LogP contribution in [0.2, 0.25) is 0 Å². The highest BCUT2D eigenvalue weighted by molar-refractivity contribution is 6.00. The third kappa shape index (κ3) is 5.05. The van der Waals surface area contributed by atoms with Crippen LogP contribution in [-0.4, -0.2) is 39.0 Å². The van der Waals surface area contributed by atoms with E-state index < -0.39 is 23.9 Å². The van der Waals surface area contributed by atoms with E-state index in [1.54, 1.807) is 0 Å². The van der Waals surface area contributed by atoms with Gasteiger partial charge in [-0.05, 0) is 12.3 Å². The zero-order valence-electron chi connectivity index (χ0n) is 11.7. The van der Waals surface area contributed by atoms with Crippen molar-refractivity contribution in [1.82, 2.24) is 15.3 Å². The van der Waals surface area contributed by atoms with Gasteiger partial charge in [0.2, 0.25) is 5.91 Å². The Labute approximate surface area is 121 Å². The predicted molar refractivity (Wildman–Crippen MR) is 73.6 cm³/mol. The standard InChI is InChI=1S/C12H17N5O4/c1-6(2)5-7(16-12(13)21)10(18)17-9-8(11(19)20)14-3-4-15-9/h3-4,6-7H,5H2,1-2H3,(H,19,20)(H3,13,16,21)(H,15,17,18). The van der Waals surface area contributed by atoms with Crippen molar-refractivity contribution in [3.63, 3.8) is 0 Å². The number of carboxylic acid groups (broad SMARTS) is 1. The Bertz CT molecular complexity index is 546. The molecule has 0 saturated carbocycles. The molecule has 1 aromatic heterocycles. The van der Waals surface area contributed by atoms with Crippen LogP contribution in [0.1, 0.15) is 30.8 Å². The Morgan fingerprint density at radius 1 is 1.29 bits per heavy atom. The first-order chi connectivity index (χ1) is 9.81. The minimum Gasteiger partial charge on any atom is -0.476 e. The Balaban J connectivity index is 2.91. The fraction of sp³-hybridized carbons (Fsp3) is 0.417. The van der Waals surface area contributed by atoms with Crippen molar-refractivity contribution >= 4 is 23.7 Å². The number of nitrogens with zero attached hydrogens (tertiary/aromatic N) is 2. The van der Waals surface area contributed by atoms with Gasteiger partial charge in [-0.3, -0.25) is 4.79 Å². The molecule has 3 amide bonds. The molecule has 1 rings (SSSR count). The lowest BCUT2D eigenvalue weighted by atomic mass is 10.0. The molecule has 0 aliphatic carbocycles. The summed E-state index contributed by atoms with van der Waals surface area (Å²) in [4.78, 5) is 41.4. The van der Waals surface area contributed by atoms with Crippen LogP contribution in [-0.2, 0) is 4.79 Å². The lowest BCUT2D eigenvalue weighted by Gasteiger charge is -2.19. The third-order valence-electron chi connectivity index (χ3n) is 2.48. The lowest BCUT2D eigenvalue weighted by Crippen LogP contribution is -2.47. The molecule has 114 valence electrons. The number of nitrogens with one attached hydrogen (secondary N) is 2. The number of nitrogens with two attached hydrogens (primary N) is 1. The number of amides is 3. The fourth-order valence-electron chi connectivity index (χ4n) is 1.66. The highest BCUT2D eigenvalue weighted by atomic mass is 16.4. The molecule has 9 nitrogen and oxygen atoms in total. The van der Waals surface area contributed by atoms with Crippen molar-refractivity contribution in [2.24, 2.45) is 11.7 Å². The van der Waals surface area contributed by atoms with Gasteiger partial charge < -0.3 is 21.5 Å². The smallest absolute Gasteiger partial charge is 0.358 e. The number of urea groups is 1. The minimum atomic E-state index is -1.32. The quantitative estimate of drug-likeness (QED) is 0.589. The van der Waals surface area contributed by atoms with Gasteiger partial charge in [-0.1, -0.05) is 13.8 Å². The molecule has 0 aromatic carbocycles. The summed E-state index contributed by atoms with van der Waals surface area (Å²) in [5.41, 5.74) is 4.64. The molecule has 1 unspecified atom stereocenters. The third-order valence-corrected chi connectivity index (χ3v) is 2.48. The van der Waals surface area contributed by atoms with E-state index in [1.165, 1.54) is 12.4 Å². The first-order valence-electron chi connectivity index (χ1n) is 6.22. The van der Waals surface area contributed by atoms with Crippen LogP contribution in [0.15, 0.2) is 12.4 Å². The van der Waals surface area contributed by atoms with Crippen molar-refractivity contribution in [2.45, 2.75) is 26.3 Å². The molecule has 0 bridgehead atoms. The molecule has 0 aliphatic rings. The Hall–Kier alpha value is -2.71. The monoisotopic (exact) mass is 295 g/mol. The van der Waals surface area contributed by atoms with E-state index in [0.29, 0.717) is 6.42 Å². The van der Waals surface area contributed by atoms with E-state index in [-0.39, 0.29) is 17.4 Å². The molecule has 0 radical (unpaired) electrons. The second kappa shape index (κ2) is 7.17. The SMILES string of the molecule is CC(C)CC(NC(N)=O)C(=O)Nc1nccnc1C(=O)O. The van der Waals surface area contributed by atoms with Gasteiger partial charge >= 0.3 is 12.0 Å². The summed E-state index contributed by atoms with van der Waals surface area (Å²) in [7, 11) is 0. The maximum Gasteiger partial charge on any atom is 0.358 e. The molecular formula is C12H17N5O4. The lowest BCUT2D eigenvalue weighted by molar-refractivity contribution is -0.118. The van der Waals surface area contributed by atoms with Gasteiger partial charge in [0.05, 0.1) is 0 Å².